The number of para-hydroxylation sites is 1. The first-order chi connectivity index (χ1) is 18.2. The first kappa shape index (κ1) is 26.0. The number of benzene rings is 2. The Kier molecular flexibility index (Phi) is 7.03. The summed E-state index contributed by atoms with van der Waals surface area (Å²) >= 11 is 0. The largest absolute Gasteiger partial charge is 0.392 e. The van der Waals surface area contributed by atoms with Crippen molar-refractivity contribution in [3.05, 3.63) is 82.7 Å². The fourth-order valence-electron chi connectivity index (χ4n) is 5.38. The number of carbonyl (C=O) groups is 2. The number of aliphatic hydroxyl groups is 1. The van der Waals surface area contributed by atoms with Crippen LogP contribution in [0.1, 0.15) is 53.8 Å². The molecule has 8 nitrogen and oxygen atoms in total. The number of hydrogen-bond acceptors (Lipinski definition) is 7. The average Bonchev–Trinajstić information content (AvgIpc) is 3.71. The molecule has 3 N–H and O–H groups in total. The SMILES string of the molecule is Cc1noc(C)c1CC[C@H](O)[C@@H](CC1CC1)C(=O)[C@]1(N)N=C(c2ccccc2)c2ccccc2N(C)C1=O. The van der Waals surface area contributed by atoms with Crippen LogP contribution in [-0.2, 0) is 16.0 Å². The minimum Gasteiger partial charge on any atom is -0.392 e. The molecule has 3 atom stereocenters. The zero-order chi connectivity index (χ0) is 27.0. The summed E-state index contributed by atoms with van der Waals surface area (Å²) in [6.07, 6.45) is 2.30. The Balaban J connectivity index is 1.54. The number of aliphatic hydroxyl groups excluding tert-OH is 1. The van der Waals surface area contributed by atoms with E-state index in [-0.39, 0.29) is 0 Å². The van der Waals surface area contributed by atoms with Gasteiger partial charge in [0.2, 0.25) is 5.66 Å². The Morgan fingerprint density at radius 1 is 1.16 bits per heavy atom. The van der Waals surface area contributed by atoms with E-state index in [0.29, 0.717) is 47.9 Å². The number of hydrogen-bond donors (Lipinski definition) is 2. The number of aliphatic imine (C=N–C) groups is 1. The normalized spacial score (nSPS) is 20.9. The third kappa shape index (κ3) is 4.81. The van der Waals surface area contributed by atoms with Gasteiger partial charge in [-0.3, -0.25) is 15.3 Å². The van der Waals surface area contributed by atoms with Crippen LogP contribution in [0.2, 0.25) is 0 Å². The van der Waals surface area contributed by atoms with Gasteiger partial charge in [0.05, 0.1) is 23.2 Å². The molecule has 2 heterocycles. The Morgan fingerprint density at radius 2 is 1.84 bits per heavy atom. The molecule has 1 aromatic heterocycles. The van der Waals surface area contributed by atoms with Gasteiger partial charge < -0.3 is 14.5 Å². The van der Waals surface area contributed by atoms with Crippen molar-refractivity contribution in [2.24, 2.45) is 22.6 Å². The summed E-state index contributed by atoms with van der Waals surface area (Å²) in [5.41, 5.74) is 8.84. The number of fused-ring (bicyclic) bond motifs is 1. The lowest BCUT2D eigenvalue weighted by Crippen LogP contribution is -2.61. The van der Waals surface area contributed by atoms with E-state index in [9.17, 15) is 14.7 Å². The number of ketones is 1. The molecular formula is C30H34N4O4. The zero-order valence-corrected chi connectivity index (χ0v) is 22.1. The van der Waals surface area contributed by atoms with Gasteiger partial charge in [0.1, 0.15) is 5.76 Å². The molecule has 1 aliphatic heterocycles. The van der Waals surface area contributed by atoms with Crippen LogP contribution in [0.4, 0.5) is 5.69 Å². The molecule has 38 heavy (non-hydrogen) atoms. The Labute approximate surface area is 222 Å². The molecule has 0 bridgehead atoms. The summed E-state index contributed by atoms with van der Waals surface area (Å²) in [6.45, 7) is 3.69. The molecule has 1 amide bonds. The van der Waals surface area contributed by atoms with Crippen LogP contribution in [0.5, 0.6) is 0 Å². The number of amides is 1. The van der Waals surface area contributed by atoms with Gasteiger partial charge in [-0.2, -0.15) is 0 Å². The van der Waals surface area contributed by atoms with E-state index < -0.39 is 29.4 Å². The lowest BCUT2D eigenvalue weighted by molar-refractivity contribution is -0.139. The highest BCUT2D eigenvalue weighted by Crippen LogP contribution is 2.39. The first-order valence-corrected chi connectivity index (χ1v) is 13.2. The minimum atomic E-state index is -2.18. The standard InChI is InChI=1S/C30H34N4O4/c1-18-22(19(2)38-33-18)15-16-26(35)24(17-20-13-14-20)28(36)30(31)29(37)34(3)25-12-8-7-11-23(25)27(32-30)21-9-5-4-6-10-21/h4-12,20,24,26,35H,13-17,31H2,1-3H3/t24-,26+,30+/m1/s1. The molecule has 5 rings (SSSR count). The number of nitrogens with two attached hydrogens (primary N) is 1. The number of aryl methyl sites for hydroxylation is 2. The van der Waals surface area contributed by atoms with E-state index in [4.69, 9.17) is 15.2 Å². The molecule has 2 aliphatic rings. The van der Waals surface area contributed by atoms with Crippen molar-refractivity contribution < 1.29 is 19.2 Å². The lowest BCUT2D eigenvalue weighted by Gasteiger charge is -2.31. The van der Waals surface area contributed by atoms with E-state index in [1.54, 1.807) is 7.05 Å². The molecule has 0 spiro atoms. The second kappa shape index (κ2) is 10.3. The quantitative estimate of drug-likeness (QED) is 0.420. The van der Waals surface area contributed by atoms with Gasteiger partial charge >= 0.3 is 0 Å². The molecule has 1 aliphatic carbocycles. The Morgan fingerprint density at radius 3 is 2.50 bits per heavy atom. The molecule has 8 heteroatoms. The molecule has 1 fully saturated rings. The molecular weight excluding hydrogens is 480 g/mol. The van der Waals surface area contributed by atoms with Crippen LogP contribution in [0.25, 0.3) is 0 Å². The minimum absolute atomic E-state index is 0.321. The highest BCUT2D eigenvalue weighted by molar-refractivity contribution is 6.26. The second-order valence-corrected chi connectivity index (χ2v) is 10.5. The van der Waals surface area contributed by atoms with Crippen molar-refractivity contribution in [1.29, 1.82) is 0 Å². The number of carbonyl (C=O) groups excluding carboxylic acids is 2. The van der Waals surface area contributed by atoms with E-state index in [1.165, 1.54) is 4.90 Å². The summed E-state index contributed by atoms with van der Waals surface area (Å²) in [5, 5.41) is 15.4. The number of aromatic nitrogens is 1. The van der Waals surface area contributed by atoms with Crippen LogP contribution >= 0.6 is 0 Å². The molecule has 1 saturated carbocycles. The number of rotatable bonds is 9. The van der Waals surface area contributed by atoms with Crippen LogP contribution < -0.4 is 10.6 Å². The fourth-order valence-corrected chi connectivity index (χ4v) is 5.38. The summed E-state index contributed by atoms with van der Waals surface area (Å²) in [4.78, 5) is 34.3. The predicted octanol–water partition coefficient (Wildman–Crippen LogP) is 3.74. The number of likely N-dealkylation sites (N-methyl/N-ethyl adjacent to an activating group) is 1. The average molecular weight is 515 g/mol. The maximum atomic E-state index is 14.3. The smallest absolute Gasteiger partial charge is 0.277 e. The monoisotopic (exact) mass is 514 g/mol. The topological polar surface area (TPSA) is 122 Å². The van der Waals surface area contributed by atoms with Crippen LogP contribution in [-0.4, -0.2) is 46.5 Å². The van der Waals surface area contributed by atoms with Gasteiger partial charge in [-0.05, 0) is 45.1 Å². The van der Waals surface area contributed by atoms with E-state index >= 15 is 0 Å². The van der Waals surface area contributed by atoms with Crippen molar-refractivity contribution in [3.63, 3.8) is 0 Å². The van der Waals surface area contributed by atoms with E-state index in [2.05, 4.69) is 5.16 Å². The fraction of sp³-hybridized carbons (Fsp3) is 0.400. The highest BCUT2D eigenvalue weighted by atomic mass is 16.5. The van der Waals surface area contributed by atoms with Gasteiger partial charge in [-0.25, -0.2) is 4.99 Å². The summed E-state index contributed by atoms with van der Waals surface area (Å²) in [7, 11) is 1.61. The van der Waals surface area contributed by atoms with Gasteiger partial charge in [0.15, 0.2) is 5.78 Å². The molecule has 0 saturated heterocycles. The van der Waals surface area contributed by atoms with Crippen molar-refractivity contribution >= 4 is 23.1 Å². The van der Waals surface area contributed by atoms with E-state index in [0.717, 1.165) is 29.7 Å². The number of anilines is 1. The Bertz CT molecular complexity index is 1360. The van der Waals surface area contributed by atoms with Crippen LogP contribution in [0.3, 0.4) is 0 Å². The van der Waals surface area contributed by atoms with Gasteiger partial charge in [0, 0.05) is 29.7 Å². The van der Waals surface area contributed by atoms with E-state index in [1.807, 2.05) is 68.4 Å². The van der Waals surface area contributed by atoms with Crippen molar-refractivity contribution in [2.45, 2.75) is 57.7 Å². The van der Waals surface area contributed by atoms with Crippen molar-refractivity contribution in [2.75, 3.05) is 11.9 Å². The number of benzodiazepines with no additional fused rings is 1. The third-order valence-electron chi connectivity index (χ3n) is 7.82. The third-order valence-corrected chi connectivity index (χ3v) is 7.82. The Hall–Kier alpha value is -3.62. The summed E-state index contributed by atoms with van der Waals surface area (Å²) in [6, 6.07) is 16.8. The predicted molar refractivity (Wildman–Crippen MR) is 145 cm³/mol. The maximum absolute atomic E-state index is 14.3. The van der Waals surface area contributed by atoms with Crippen molar-refractivity contribution in [1.82, 2.24) is 5.16 Å². The molecule has 198 valence electrons. The molecule has 0 radical (unpaired) electrons. The lowest BCUT2D eigenvalue weighted by atomic mass is 9.82. The summed E-state index contributed by atoms with van der Waals surface area (Å²) < 4.78 is 5.26. The van der Waals surface area contributed by atoms with Gasteiger partial charge in [-0.1, -0.05) is 66.5 Å². The zero-order valence-electron chi connectivity index (χ0n) is 22.1. The van der Waals surface area contributed by atoms with Crippen LogP contribution in [0, 0.1) is 25.7 Å². The van der Waals surface area contributed by atoms with Gasteiger partial charge in [0.25, 0.3) is 5.91 Å². The molecule has 3 aromatic rings. The number of Topliss-reactive ketones (excluding diaryl/α,β-unsaturated/α-hetero) is 1. The highest BCUT2D eigenvalue weighted by Gasteiger charge is 2.51. The number of nitrogens with zero attached hydrogens (tertiary/aromatic N) is 3. The van der Waals surface area contributed by atoms with Crippen molar-refractivity contribution in [3.8, 4) is 0 Å². The van der Waals surface area contributed by atoms with Crippen LogP contribution in [0.15, 0.2) is 64.1 Å². The first-order valence-electron chi connectivity index (χ1n) is 13.2. The van der Waals surface area contributed by atoms with Gasteiger partial charge in [-0.15, -0.1) is 0 Å². The summed E-state index contributed by atoms with van der Waals surface area (Å²) in [5.74, 6) is -0.958. The molecule has 0 unspecified atom stereocenters. The maximum Gasteiger partial charge on any atom is 0.277 e. The second-order valence-electron chi connectivity index (χ2n) is 10.5. The molecule has 2 aromatic carbocycles.